The smallest absolute Gasteiger partial charge is 0.410 e. The first-order valence-electron chi connectivity index (χ1n) is 11.0. The van der Waals surface area contributed by atoms with E-state index in [0.29, 0.717) is 19.7 Å². The average Bonchev–Trinajstić information content (AvgIpc) is 2.81. The highest BCUT2D eigenvalue weighted by atomic mass is 28.3. The zero-order valence-corrected chi connectivity index (χ0v) is 20.7. The van der Waals surface area contributed by atoms with Gasteiger partial charge in [-0.1, -0.05) is 55.9 Å². The molecule has 0 aliphatic carbocycles. The normalized spacial score (nSPS) is 15.0. The molecule has 6 nitrogen and oxygen atoms in total. The molecule has 32 heavy (non-hydrogen) atoms. The number of ether oxygens (including phenoxy) is 2. The molecule has 1 fully saturated rings. The summed E-state index contributed by atoms with van der Waals surface area (Å²) in [6, 6.07) is 11.8. The number of anilines is 1. The zero-order chi connectivity index (χ0) is 23.1. The number of rotatable bonds is 5. The second-order valence-corrected chi connectivity index (χ2v) is 13.8. The van der Waals surface area contributed by atoms with Crippen LogP contribution in [0, 0.1) is 11.5 Å². The number of hydrogen-bond acceptors (Lipinski definition) is 5. The zero-order valence-electron chi connectivity index (χ0n) is 19.7. The lowest BCUT2D eigenvalue weighted by molar-refractivity contribution is 0.0941. The number of nitrogens with zero attached hydrogens (tertiary/aromatic N) is 3. The van der Waals surface area contributed by atoms with E-state index < -0.39 is 8.07 Å². The Morgan fingerprint density at radius 1 is 1.16 bits per heavy atom. The van der Waals surface area contributed by atoms with Crippen LogP contribution in [-0.4, -0.2) is 57.3 Å². The molecule has 1 atom stereocenters. The van der Waals surface area contributed by atoms with Gasteiger partial charge in [0.1, 0.15) is 14.7 Å². The lowest BCUT2D eigenvalue weighted by Crippen LogP contribution is -2.49. The monoisotopic (exact) mass is 451 g/mol. The van der Waals surface area contributed by atoms with Crippen molar-refractivity contribution in [3.63, 3.8) is 0 Å². The van der Waals surface area contributed by atoms with Gasteiger partial charge >= 0.3 is 6.09 Å². The summed E-state index contributed by atoms with van der Waals surface area (Å²) in [6.45, 7) is 11.6. The molecule has 1 saturated heterocycles. The highest BCUT2D eigenvalue weighted by Crippen LogP contribution is 2.24. The van der Waals surface area contributed by atoms with Crippen LogP contribution in [0.1, 0.15) is 29.8 Å². The van der Waals surface area contributed by atoms with Gasteiger partial charge < -0.3 is 19.3 Å². The molecule has 1 aromatic carbocycles. The van der Waals surface area contributed by atoms with Crippen molar-refractivity contribution >= 4 is 19.9 Å². The number of carbonyl (C=O) groups excluding carboxylic acids is 1. The summed E-state index contributed by atoms with van der Waals surface area (Å²) < 4.78 is 11.0. The second-order valence-electron chi connectivity index (χ2n) is 9.02. The van der Waals surface area contributed by atoms with E-state index in [1.54, 1.807) is 12.0 Å². The number of methoxy groups -OCH3 is 1. The third-order valence-corrected chi connectivity index (χ3v) is 6.20. The number of carbonyl (C=O) groups is 1. The molecule has 170 valence electrons. The van der Waals surface area contributed by atoms with Crippen LogP contribution in [0.5, 0.6) is 0 Å². The molecular formula is C25H33N3O3Si. The Balaban J connectivity index is 1.65. The summed E-state index contributed by atoms with van der Waals surface area (Å²) in [4.78, 5) is 21.1. The van der Waals surface area contributed by atoms with E-state index in [0.717, 1.165) is 35.6 Å². The second kappa shape index (κ2) is 10.7. The average molecular weight is 452 g/mol. The van der Waals surface area contributed by atoms with Crippen molar-refractivity contribution in [2.45, 2.75) is 39.3 Å². The molecule has 2 heterocycles. The Labute approximate surface area is 192 Å². The lowest BCUT2D eigenvalue weighted by Gasteiger charge is -2.35. The molecule has 1 aliphatic rings. The third-order valence-electron chi connectivity index (χ3n) is 5.32. The summed E-state index contributed by atoms with van der Waals surface area (Å²) in [5.41, 5.74) is 7.24. The lowest BCUT2D eigenvalue weighted by atomic mass is 10.1. The van der Waals surface area contributed by atoms with Crippen LogP contribution in [0.2, 0.25) is 19.6 Å². The molecular weight excluding hydrogens is 418 g/mol. The minimum atomic E-state index is -1.52. The highest BCUT2D eigenvalue weighted by Gasteiger charge is 2.23. The van der Waals surface area contributed by atoms with Gasteiger partial charge in [0.15, 0.2) is 0 Å². The molecule has 0 saturated carbocycles. The van der Waals surface area contributed by atoms with E-state index in [2.05, 4.69) is 47.1 Å². The van der Waals surface area contributed by atoms with E-state index in [1.807, 2.05) is 43.5 Å². The van der Waals surface area contributed by atoms with E-state index >= 15 is 0 Å². The van der Waals surface area contributed by atoms with Crippen LogP contribution >= 0.6 is 0 Å². The molecule has 3 rings (SSSR count). The van der Waals surface area contributed by atoms with Crippen LogP contribution in [0.25, 0.3) is 0 Å². The summed E-state index contributed by atoms with van der Waals surface area (Å²) in [5, 5.41) is 0. The van der Waals surface area contributed by atoms with Gasteiger partial charge in [-0.15, -0.1) is 5.54 Å². The molecule has 0 bridgehead atoms. The minimum Gasteiger partial charge on any atom is -0.445 e. The first-order chi connectivity index (χ1) is 15.3. The van der Waals surface area contributed by atoms with Gasteiger partial charge in [-0.05, 0) is 18.6 Å². The van der Waals surface area contributed by atoms with Crippen molar-refractivity contribution < 1.29 is 14.3 Å². The molecule has 1 aliphatic heterocycles. The first-order valence-corrected chi connectivity index (χ1v) is 14.5. The molecule has 0 radical (unpaired) electrons. The molecule has 7 heteroatoms. The molecule has 0 spiro atoms. The molecule has 0 unspecified atom stereocenters. The van der Waals surface area contributed by atoms with Gasteiger partial charge in [-0.25, -0.2) is 4.79 Å². The Bertz CT molecular complexity index is 971. The van der Waals surface area contributed by atoms with Gasteiger partial charge in [-0.2, -0.15) is 0 Å². The fourth-order valence-electron chi connectivity index (χ4n) is 3.39. The summed E-state index contributed by atoms with van der Waals surface area (Å²) in [6.07, 6.45) is 1.50. The summed E-state index contributed by atoms with van der Waals surface area (Å²) >= 11 is 0. The van der Waals surface area contributed by atoms with E-state index in [4.69, 9.17) is 9.47 Å². The highest BCUT2D eigenvalue weighted by molar-refractivity contribution is 6.83. The summed E-state index contributed by atoms with van der Waals surface area (Å²) in [7, 11) is 0.166. The minimum absolute atomic E-state index is 0.119. The predicted octanol–water partition coefficient (Wildman–Crippen LogP) is 4.48. The molecule has 1 aromatic heterocycles. The van der Waals surface area contributed by atoms with Crippen molar-refractivity contribution in [3.05, 3.63) is 59.4 Å². The fraction of sp³-hybridized carbons (Fsp3) is 0.440. The Hall–Kier alpha value is -2.82. The quantitative estimate of drug-likeness (QED) is 0.496. The third kappa shape index (κ3) is 6.59. The van der Waals surface area contributed by atoms with Crippen LogP contribution in [0.4, 0.5) is 10.5 Å². The predicted molar refractivity (Wildman–Crippen MR) is 130 cm³/mol. The summed E-state index contributed by atoms with van der Waals surface area (Å²) in [5.74, 6) is 3.37. The standard InChI is InChI=1S/C25H33N3O3Si/c1-20(30-2)24-22(11-16-32(3,4)5)17-23(18-26-24)27-12-14-28(15-13-27)25(29)31-19-21-9-7-6-8-10-21/h6-10,17-18,20H,12-15,19H2,1-5H3/t20-/m0/s1. The van der Waals surface area contributed by atoms with Crippen molar-refractivity contribution in [1.29, 1.82) is 0 Å². The number of aromatic nitrogens is 1. The first kappa shape index (κ1) is 23.8. The van der Waals surface area contributed by atoms with Crippen LogP contribution in [0.3, 0.4) is 0 Å². The fourth-order valence-corrected chi connectivity index (χ4v) is 3.90. The molecule has 0 N–H and O–H groups in total. The Morgan fingerprint density at radius 3 is 2.47 bits per heavy atom. The van der Waals surface area contributed by atoms with E-state index in [-0.39, 0.29) is 12.2 Å². The number of pyridine rings is 1. The molecule has 1 amide bonds. The van der Waals surface area contributed by atoms with Crippen LogP contribution < -0.4 is 4.90 Å². The number of benzene rings is 1. The van der Waals surface area contributed by atoms with E-state index in [9.17, 15) is 4.79 Å². The van der Waals surface area contributed by atoms with Crippen LogP contribution in [-0.2, 0) is 16.1 Å². The van der Waals surface area contributed by atoms with Crippen LogP contribution in [0.15, 0.2) is 42.6 Å². The molecule has 2 aromatic rings. The van der Waals surface area contributed by atoms with Crippen molar-refractivity contribution in [2.75, 3.05) is 38.2 Å². The number of amides is 1. The maximum atomic E-state index is 12.4. The van der Waals surface area contributed by atoms with Crippen molar-refractivity contribution in [2.24, 2.45) is 0 Å². The Kier molecular flexibility index (Phi) is 7.94. The topological polar surface area (TPSA) is 54.9 Å². The van der Waals surface area contributed by atoms with Gasteiger partial charge in [0.05, 0.1) is 29.2 Å². The number of hydrogen-bond donors (Lipinski definition) is 0. The van der Waals surface area contributed by atoms with Gasteiger partial charge in [0.2, 0.25) is 0 Å². The van der Waals surface area contributed by atoms with Gasteiger partial charge in [0, 0.05) is 33.3 Å². The SMILES string of the molecule is CO[C@@H](C)c1ncc(N2CCN(C(=O)OCc3ccccc3)CC2)cc1C#C[Si](C)(C)C. The number of piperazine rings is 1. The van der Waals surface area contributed by atoms with Crippen molar-refractivity contribution in [3.8, 4) is 11.5 Å². The van der Waals surface area contributed by atoms with Gasteiger partial charge in [0.25, 0.3) is 0 Å². The Morgan fingerprint density at radius 2 is 1.84 bits per heavy atom. The van der Waals surface area contributed by atoms with E-state index in [1.165, 1.54) is 0 Å². The van der Waals surface area contributed by atoms with Gasteiger partial charge in [-0.3, -0.25) is 4.98 Å². The largest absolute Gasteiger partial charge is 0.445 e. The maximum absolute atomic E-state index is 12.4. The van der Waals surface area contributed by atoms with Crippen molar-refractivity contribution in [1.82, 2.24) is 9.88 Å². The maximum Gasteiger partial charge on any atom is 0.410 e.